The van der Waals surface area contributed by atoms with E-state index < -0.39 is 0 Å². The largest absolute Gasteiger partial charge is 0.373 e. The van der Waals surface area contributed by atoms with Gasteiger partial charge >= 0.3 is 0 Å². The van der Waals surface area contributed by atoms with E-state index in [0.717, 1.165) is 12.8 Å². The van der Waals surface area contributed by atoms with Gasteiger partial charge in [-0.05, 0) is 29.5 Å². The second-order valence-corrected chi connectivity index (χ2v) is 5.29. The van der Waals surface area contributed by atoms with Gasteiger partial charge in [0.25, 0.3) is 0 Å². The third kappa shape index (κ3) is 2.89. The molecule has 100 valence electrons. The summed E-state index contributed by atoms with van der Waals surface area (Å²) in [4.78, 5) is 0. The van der Waals surface area contributed by atoms with Crippen LogP contribution >= 0.6 is 0 Å². The lowest BCUT2D eigenvalue weighted by Crippen LogP contribution is -2.30. The van der Waals surface area contributed by atoms with Crippen molar-refractivity contribution < 1.29 is 4.74 Å². The Hall–Kier alpha value is -2.11. The first-order valence-corrected chi connectivity index (χ1v) is 7.01. The van der Waals surface area contributed by atoms with E-state index in [1.54, 1.807) is 0 Å². The third-order valence-electron chi connectivity index (χ3n) is 3.82. The van der Waals surface area contributed by atoms with Crippen molar-refractivity contribution in [3.63, 3.8) is 0 Å². The molecule has 2 aromatic rings. The first-order chi connectivity index (χ1) is 9.85. The van der Waals surface area contributed by atoms with Crippen molar-refractivity contribution in [1.82, 2.24) is 0 Å². The fourth-order valence-corrected chi connectivity index (χ4v) is 2.45. The zero-order chi connectivity index (χ0) is 13.8. The maximum Gasteiger partial charge on any atom is 0.0720 e. The van der Waals surface area contributed by atoms with Gasteiger partial charge in [0.15, 0.2) is 0 Å². The highest BCUT2D eigenvalue weighted by atomic mass is 16.5. The van der Waals surface area contributed by atoms with Gasteiger partial charge in [0.2, 0.25) is 0 Å². The van der Waals surface area contributed by atoms with Crippen LogP contribution < -0.4 is 0 Å². The van der Waals surface area contributed by atoms with E-state index >= 15 is 0 Å². The molecule has 2 heteroatoms. The van der Waals surface area contributed by atoms with Crippen LogP contribution in [0.3, 0.4) is 0 Å². The number of benzene rings is 2. The summed E-state index contributed by atoms with van der Waals surface area (Å²) in [7, 11) is 0. The second kappa shape index (κ2) is 5.90. The molecule has 0 amide bonds. The van der Waals surface area contributed by atoms with Crippen LogP contribution in [0, 0.1) is 17.2 Å². The lowest BCUT2D eigenvalue weighted by molar-refractivity contribution is -0.0265. The molecular weight excluding hydrogens is 246 g/mol. The Labute approximate surface area is 119 Å². The van der Waals surface area contributed by atoms with Gasteiger partial charge in [-0.1, -0.05) is 54.6 Å². The topological polar surface area (TPSA) is 33.0 Å². The maximum atomic E-state index is 8.72. The summed E-state index contributed by atoms with van der Waals surface area (Å²) in [5.41, 5.74) is 3.64. The van der Waals surface area contributed by atoms with E-state index in [1.165, 1.54) is 16.7 Å². The van der Waals surface area contributed by atoms with Crippen LogP contribution in [0.5, 0.6) is 0 Å². The first kappa shape index (κ1) is 12.9. The summed E-state index contributed by atoms with van der Waals surface area (Å²) in [5, 5.41) is 8.72. The smallest absolute Gasteiger partial charge is 0.0720 e. The van der Waals surface area contributed by atoms with Crippen LogP contribution in [0.2, 0.25) is 0 Å². The normalized spacial score (nSPS) is 20.9. The standard InChI is InChI=1S/C18H17NO/c19-12-15-10-18(11-15)20-13-14-6-8-17(9-7-14)16-4-2-1-3-5-16/h1-9,15,18H,10-11,13H2/t15-,18-. The molecule has 0 bridgehead atoms. The zero-order valence-electron chi connectivity index (χ0n) is 11.3. The lowest BCUT2D eigenvalue weighted by atomic mass is 9.83. The molecule has 1 aliphatic rings. The molecule has 0 radical (unpaired) electrons. The highest BCUT2D eigenvalue weighted by Crippen LogP contribution is 2.30. The Morgan fingerprint density at radius 1 is 0.950 bits per heavy atom. The Morgan fingerprint density at radius 2 is 1.60 bits per heavy atom. The summed E-state index contributed by atoms with van der Waals surface area (Å²) in [6.45, 7) is 0.637. The minimum Gasteiger partial charge on any atom is -0.373 e. The van der Waals surface area contributed by atoms with E-state index in [0.29, 0.717) is 6.61 Å². The van der Waals surface area contributed by atoms with E-state index in [4.69, 9.17) is 10.00 Å². The van der Waals surface area contributed by atoms with Gasteiger partial charge < -0.3 is 4.74 Å². The summed E-state index contributed by atoms with van der Waals surface area (Å²) in [5.74, 6) is 0.209. The first-order valence-electron chi connectivity index (χ1n) is 7.01. The third-order valence-corrected chi connectivity index (χ3v) is 3.82. The van der Waals surface area contributed by atoms with Gasteiger partial charge in [-0.2, -0.15) is 5.26 Å². The molecule has 0 saturated heterocycles. The number of ether oxygens (including phenoxy) is 1. The second-order valence-electron chi connectivity index (χ2n) is 5.29. The monoisotopic (exact) mass is 263 g/mol. The average Bonchev–Trinajstić information content (AvgIpc) is 2.47. The van der Waals surface area contributed by atoms with Crippen LogP contribution in [-0.4, -0.2) is 6.10 Å². The van der Waals surface area contributed by atoms with Crippen molar-refractivity contribution >= 4 is 0 Å². The molecule has 2 aromatic carbocycles. The van der Waals surface area contributed by atoms with Crippen molar-refractivity contribution in [2.24, 2.45) is 5.92 Å². The van der Waals surface area contributed by atoms with E-state index in [2.05, 4.69) is 54.6 Å². The SMILES string of the molecule is N#C[C@H]1C[C@H](OCc2ccc(-c3ccccc3)cc2)C1. The highest BCUT2D eigenvalue weighted by Gasteiger charge is 2.29. The number of rotatable bonds is 4. The van der Waals surface area contributed by atoms with Gasteiger partial charge in [-0.3, -0.25) is 0 Å². The molecule has 0 heterocycles. The maximum absolute atomic E-state index is 8.72. The van der Waals surface area contributed by atoms with Gasteiger partial charge in [-0.25, -0.2) is 0 Å². The van der Waals surface area contributed by atoms with Gasteiger partial charge in [0.05, 0.1) is 24.7 Å². The van der Waals surface area contributed by atoms with Crippen LogP contribution in [0.15, 0.2) is 54.6 Å². The van der Waals surface area contributed by atoms with Crippen LogP contribution in [-0.2, 0) is 11.3 Å². The van der Waals surface area contributed by atoms with Crippen molar-refractivity contribution in [3.8, 4) is 17.2 Å². The average molecular weight is 263 g/mol. The minimum absolute atomic E-state index is 0.209. The molecule has 1 aliphatic carbocycles. The fourth-order valence-electron chi connectivity index (χ4n) is 2.45. The van der Waals surface area contributed by atoms with Crippen LogP contribution in [0.25, 0.3) is 11.1 Å². The molecule has 0 aromatic heterocycles. The van der Waals surface area contributed by atoms with E-state index in [1.807, 2.05) is 6.07 Å². The van der Waals surface area contributed by atoms with E-state index in [9.17, 15) is 0 Å². The quantitative estimate of drug-likeness (QED) is 0.829. The number of hydrogen-bond acceptors (Lipinski definition) is 2. The van der Waals surface area contributed by atoms with E-state index in [-0.39, 0.29) is 12.0 Å². The predicted molar refractivity (Wildman–Crippen MR) is 78.8 cm³/mol. The Balaban J connectivity index is 1.56. The van der Waals surface area contributed by atoms with Crippen molar-refractivity contribution in [1.29, 1.82) is 5.26 Å². The van der Waals surface area contributed by atoms with Crippen molar-refractivity contribution in [2.45, 2.75) is 25.6 Å². The summed E-state index contributed by atoms with van der Waals surface area (Å²) in [6.07, 6.45) is 2.05. The highest BCUT2D eigenvalue weighted by molar-refractivity contribution is 5.63. The molecular formula is C18H17NO. The summed E-state index contributed by atoms with van der Waals surface area (Å²) in [6, 6.07) is 21.1. The van der Waals surface area contributed by atoms with Gasteiger partial charge in [0, 0.05) is 0 Å². The number of nitrogens with zero attached hydrogens (tertiary/aromatic N) is 1. The summed E-state index contributed by atoms with van der Waals surface area (Å²) < 4.78 is 5.79. The summed E-state index contributed by atoms with van der Waals surface area (Å²) >= 11 is 0. The van der Waals surface area contributed by atoms with Crippen molar-refractivity contribution in [2.75, 3.05) is 0 Å². The zero-order valence-corrected chi connectivity index (χ0v) is 11.3. The van der Waals surface area contributed by atoms with Crippen LogP contribution in [0.1, 0.15) is 18.4 Å². The molecule has 0 spiro atoms. The van der Waals surface area contributed by atoms with Gasteiger partial charge in [-0.15, -0.1) is 0 Å². The Morgan fingerprint density at radius 3 is 2.25 bits per heavy atom. The van der Waals surface area contributed by atoms with Crippen LogP contribution in [0.4, 0.5) is 0 Å². The molecule has 2 nitrogen and oxygen atoms in total. The number of hydrogen-bond donors (Lipinski definition) is 0. The predicted octanol–water partition coefficient (Wildman–Crippen LogP) is 4.17. The van der Waals surface area contributed by atoms with Crippen molar-refractivity contribution in [3.05, 3.63) is 60.2 Å². The number of nitriles is 1. The molecule has 0 unspecified atom stereocenters. The molecule has 1 fully saturated rings. The molecule has 0 atom stereocenters. The molecule has 0 N–H and O–H groups in total. The molecule has 3 rings (SSSR count). The Kier molecular flexibility index (Phi) is 3.80. The fraction of sp³-hybridized carbons (Fsp3) is 0.278. The van der Waals surface area contributed by atoms with Gasteiger partial charge in [0.1, 0.15) is 0 Å². The lowest BCUT2D eigenvalue weighted by Gasteiger charge is -2.30. The minimum atomic E-state index is 0.209. The molecule has 1 saturated carbocycles. The Bertz CT molecular complexity index is 592. The molecule has 0 aliphatic heterocycles. The molecule has 20 heavy (non-hydrogen) atoms.